The summed E-state index contributed by atoms with van der Waals surface area (Å²) in [6.07, 6.45) is 0. The predicted molar refractivity (Wildman–Crippen MR) is 69.1 cm³/mol. The molecule has 0 spiro atoms. The van der Waals surface area contributed by atoms with Crippen molar-refractivity contribution in [1.82, 2.24) is 0 Å². The van der Waals surface area contributed by atoms with E-state index in [2.05, 4.69) is 0 Å². The molecular weight excluding hydrogens is 292 g/mol. The number of hydrogen-bond donors (Lipinski definition) is 0. The van der Waals surface area contributed by atoms with Gasteiger partial charge in [-0.1, -0.05) is 12.1 Å². The van der Waals surface area contributed by atoms with Crippen molar-refractivity contribution in [1.29, 1.82) is 0 Å². The van der Waals surface area contributed by atoms with Gasteiger partial charge in [0.05, 0.1) is 4.92 Å². The quantitative estimate of drug-likeness (QED) is 0.477. The van der Waals surface area contributed by atoms with Crippen LogP contribution in [-0.2, 0) is 5.88 Å². The first-order chi connectivity index (χ1) is 9.52. The van der Waals surface area contributed by atoms with Crippen molar-refractivity contribution in [2.75, 3.05) is 0 Å². The molecule has 4 nitrogen and oxygen atoms in total. The number of halogens is 3. The third-order valence-corrected chi connectivity index (χ3v) is 2.81. The number of nitro benzene ring substituents is 1. The Kier molecular flexibility index (Phi) is 4.14. The van der Waals surface area contributed by atoms with E-state index in [1.54, 1.807) is 0 Å². The molecule has 0 fully saturated rings. The van der Waals surface area contributed by atoms with Crippen LogP contribution in [0.15, 0.2) is 36.4 Å². The van der Waals surface area contributed by atoms with E-state index in [9.17, 15) is 18.9 Å². The van der Waals surface area contributed by atoms with Crippen molar-refractivity contribution < 1.29 is 18.4 Å². The minimum Gasteiger partial charge on any atom is -0.444 e. The smallest absolute Gasteiger partial charge is 0.314 e. The molecule has 2 aromatic rings. The molecule has 0 saturated heterocycles. The zero-order valence-electron chi connectivity index (χ0n) is 9.98. The summed E-state index contributed by atoms with van der Waals surface area (Å²) in [5, 5.41) is 10.8. The Morgan fingerprint density at radius 1 is 1.20 bits per heavy atom. The van der Waals surface area contributed by atoms with Gasteiger partial charge in [-0.3, -0.25) is 10.1 Å². The Hall–Kier alpha value is -2.21. The molecule has 2 aromatic carbocycles. The third kappa shape index (κ3) is 2.85. The molecule has 0 amide bonds. The second-order valence-electron chi connectivity index (χ2n) is 3.85. The molecular formula is C13H8ClF2NO3. The van der Waals surface area contributed by atoms with Crippen molar-refractivity contribution in [2.24, 2.45) is 0 Å². The normalized spacial score (nSPS) is 10.3. The van der Waals surface area contributed by atoms with Crippen LogP contribution in [0.2, 0.25) is 0 Å². The molecule has 0 aliphatic rings. The average Bonchev–Trinajstić information content (AvgIpc) is 2.42. The summed E-state index contributed by atoms with van der Waals surface area (Å²) in [5.74, 6) is -2.56. The van der Waals surface area contributed by atoms with Crippen molar-refractivity contribution >= 4 is 17.3 Å². The fourth-order valence-electron chi connectivity index (χ4n) is 1.56. The van der Waals surface area contributed by atoms with Gasteiger partial charge in [0.15, 0.2) is 17.4 Å². The van der Waals surface area contributed by atoms with E-state index >= 15 is 0 Å². The first-order valence-corrected chi connectivity index (χ1v) is 6.01. The molecule has 0 bridgehead atoms. The zero-order valence-corrected chi connectivity index (χ0v) is 10.7. The number of rotatable bonds is 4. The maximum absolute atomic E-state index is 13.7. The molecule has 20 heavy (non-hydrogen) atoms. The number of hydrogen-bond acceptors (Lipinski definition) is 3. The summed E-state index contributed by atoms with van der Waals surface area (Å²) in [7, 11) is 0. The largest absolute Gasteiger partial charge is 0.444 e. The minimum atomic E-state index is -0.944. The Morgan fingerprint density at radius 3 is 2.55 bits per heavy atom. The third-order valence-electron chi connectivity index (χ3n) is 2.51. The summed E-state index contributed by atoms with van der Waals surface area (Å²) < 4.78 is 32.3. The molecule has 104 valence electrons. The van der Waals surface area contributed by atoms with Gasteiger partial charge < -0.3 is 4.74 Å². The molecule has 7 heteroatoms. The highest BCUT2D eigenvalue weighted by Gasteiger charge is 2.21. The number of nitro groups is 1. The van der Waals surface area contributed by atoms with Crippen molar-refractivity contribution in [3.05, 3.63) is 63.7 Å². The van der Waals surface area contributed by atoms with Crippen molar-refractivity contribution in [3.8, 4) is 11.5 Å². The van der Waals surface area contributed by atoms with E-state index in [0.717, 1.165) is 18.2 Å². The number of ether oxygens (including phenoxy) is 1. The van der Waals surface area contributed by atoms with E-state index in [4.69, 9.17) is 16.3 Å². The number of para-hydroxylation sites is 1. The van der Waals surface area contributed by atoms with Gasteiger partial charge in [-0.2, -0.15) is 0 Å². The Bertz CT molecular complexity index is 664. The highest BCUT2D eigenvalue weighted by atomic mass is 35.5. The van der Waals surface area contributed by atoms with Gasteiger partial charge in [0, 0.05) is 11.9 Å². The van der Waals surface area contributed by atoms with Crippen LogP contribution in [0.5, 0.6) is 11.5 Å². The Morgan fingerprint density at radius 2 is 1.95 bits per heavy atom. The highest BCUT2D eigenvalue weighted by molar-refractivity contribution is 6.17. The van der Waals surface area contributed by atoms with Gasteiger partial charge in [-0.25, -0.2) is 8.78 Å². The minimum absolute atomic E-state index is 0.108. The van der Waals surface area contributed by atoms with Crippen LogP contribution in [-0.4, -0.2) is 4.92 Å². The summed E-state index contributed by atoms with van der Waals surface area (Å²) in [6.45, 7) is 0. The monoisotopic (exact) mass is 299 g/mol. The second kappa shape index (κ2) is 5.83. The maximum atomic E-state index is 13.7. The lowest BCUT2D eigenvalue weighted by Crippen LogP contribution is -1.97. The lowest BCUT2D eigenvalue weighted by molar-refractivity contribution is -0.385. The average molecular weight is 300 g/mol. The molecule has 2 rings (SSSR count). The Labute approximate surface area is 117 Å². The number of alkyl halides is 1. The van der Waals surface area contributed by atoms with Crippen LogP contribution in [0.3, 0.4) is 0 Å². The predicted octanol–water partition coefficient (Wildman–Crippen LogP) is 4.40. The van der Waals surface area contributed by atoms with Crippen LogP contribution in [0, 0.1) is 21.7 Å². The van der Waals surface area contributed by atoms with Crippen molar-refractivity contribution in [2.45, 2.75) is 5.88 Å². The Balaban J connectivity index is 2.42. The van der Waals surface area contributed by atoms with Gasteiger partial charge >= 0.3 is 5.69 Å². The highest BCUT2D eigenvalue weighted by Crippen LogP contribution is 2.35. The fraction of sp³-hybridized carbons (Fsp3) is 0.0769. The van der Waals surface area contributed by atoms with Gasteiger partial charge in [-0.05, 0) is 23.8 Å². The maximum Gasteiger partial charge on any atom is 0.314 e. The zero-order chi connectivity index (χ0) is 14.7. The molecule has 0 aliphatic carbocycles. The standard InChI is InChI=1S/C13H8ClF2NO3/c14-7-8-4-5-12(10(16)6-8)20-13-9(15)2-1-3-11(13)17(18)19/h1-6H,7H2. The summed E-state index contributed by atoms with van der Waals surface area (Å²) in [4.78, 5) is 10.00. The van der Waals surface area contributed by atoms with Crippen LogP contribution in [0.25, 0.3) is 0 Å². The van der Waals surface area contributed by atoms with E-state index in [1.165, 1.54) is 18.2 Å². The van der Waals surface area contributed by atoms with E-state index in [0.29, 0.717) is 5.56 Å². The molecule has 0 atom stereocenters. The first-order valence-electron chi connectivity index (χ1n) is 5.48. The molecule has 0 saturated carbocycles. The van der Waals surface area contributed by atoms with Crippen molar-refractivity contribution in [3.63, 3.8) is 0 Å². The first kappa shape index (κ1) is 14.2. The van der Waals surface area contributed by atoms with E-state index in [-0.39, 0.29) is 11.6 Å². The van der Waals surface area contributed by atoms with Crippen LogP contribution < -0.4 is 4.74 Å². The second-order valence-corrected chi connectivity index (χ2v) is 4.11. The lowest BCUT2D eigenvalue weighted by Gasteiger charge is -2.08. The number of benzene rings is 2. The molecule has 0 heterocycles. The summed E-state index contributed by atoms with van der Waals surface area (Å²) in [5.41, 5.74) is -0.0645. The number of nitrogens with zero attached hydrogens (tertiary/aromatic N) is 1. The van der Waals surface area contributed by atoms with Crippen LogP contribution in [0.4, 0.5) is 14.5 Å². The van der Waals surface area contributed by atoms with Gasteiger partial charge in [0.2, 0.25) is 5.75 Å². The van der Waals surface area contributed by atoms with Crippen LogP contribution >= 0.6 is 11.6 Å². The van der Waals surface area contributed by atoms with Gasteiger partial charge in [0.25, 0.3) is 0 Å². The topological polar surface area (TPSA) is 52.4 Å². The lowest BCUT2D eigenvalue weighted by atomic mass is 10.2. The van der Waals surface area contributed by atoms with Crippen LogP contribution in [0.1, 0.15) is 5.56 Å². The SMILES string of the molecule is O=[N+]([O-])c1cccc(F)c1Oc1ccc(CCl)cc1F. The van der Waals surface area contributed by atoms with E-state index < -0.39 is 28.0 Å². The van der Waals surface area contributed by atoms with Gasteiger partial charge in [-0.15, -0.1) is 11.6 Å². The van der Waals surface area contributed by atoms with Gasteiger partial charge in [0.1, 0.15) is 0 Å². The molecule has 0 aromatic heterocycles. The summed E-state index contributed by atoms with van der Waals surface area (Å²) in [6, 6.07) is 7.08. The van der Waals surface area contributed by atoms with E-state index in [1.807, 2.05) is 0 Å². The molecule has 0 unspecified atom stereocenters. The summed E-state index contributed by atoms with van der Waals surface area (Å²) >= 11 is 5.55. The molecule has 0 radical (unpaired) electrons. The molecule has 0 N–H and O–H groups in total. The fourth-order valence-corrected chi connectivity index (χ4v) is 1.73. The molecule has 0 aliphatic heterocycles.